The van der Waals surface area contributed by atoms with Crippen molar-refractivity contribution in [2.75, 3.05) is 13.2 Å². The Morgan fingerprint density at radius 3 is 3.05 bits per heavy atom. The van der Waals surface area contributed by atoms with Crippen molar-refractivity contribution in [3.8, 4) is 0 Å². The fourth-order valence-electron chi connectivity index (χ4n) is 2.62. The SMILES string of the molecule is CCn1c(=O)oc2ccc(C(=O)NC[C@H]3CCCO3)cc21. The Kier molecular flexibility index (Phi) is 3.79. The Balaban J connectivity index is 1.79. The predicted octanol–water partition coefficient (Wildman–Crippen LogP) is 1.52. The molecule has 1 saturated heterocycles. The minimum atomic E-state index is -0.399. The van der Waals surface area contributed by atoms with Crippen molar-refractivity contribution in [2.24, 2.45) is 0 Å². The lowest BCUT2D eigenvalue weighted by atomic mass is 10.2. The average Bonchev–Trinajstić information content (AvgIpc) is 3.10. The molecule has 0 radical (unpaired) electrons. The Bertz CT molecular complexity index is 710. The number of carbonyl (C=O) groups excluding carboxylic acids is 1. The third-order valence-corrected chi connectivity index (χ3v) is 3.76. The van der Waals surface area contributed by atoms with Gasteiger partial charge in [-0.05, 0) is 38.0 Å². The number of oxazole rings is 1. The van der Waals surface area contributed by atoms with Crippen molar-refractivity contribution in [3.05, 3.63) is 34.3 Å². The van der Waals surface area contributed by atoms with Crippen LogP contribution in [-0.2, 0) is 11.3 Å². The van der Waals surface area contributed by atoms with E-state index in [0.29, 0.717) is 29.8 Å². The molecule has 6 heteroatoms. The number of amides is 1. The van der Waals surface area contributed by atoms with E-state index in [9.17, 15) is 9.59 Å². The Hall–Kier alpha value is -2.08. The zero-order valence-corrected chi connectivity index (χ0v) is 11.9. The molecule has 1 amide bonds. The third-order valence-electron chi connectivity index (χ3n) is 3.76. The van der Waals surface area contributed by atoms with E-state index in [2.05, 4.69) is 5.32 Å². The van der Waals surface area contributed by atoms with Crippen LogP contribution >= 0.6 is 0 Å². The molecule has 0 spiro atoms. The predicted molar refractivity (Wildman–Crippen MR) is 77.5 cm³/mol. The van der Waals surface area contributed by atoms with Crippen LogP contribution in [0.5, 0.6) is 0 Å². The van der Waals surface area contributed by atoms with Gasteiger partial charge in [-0.25, -0.2) is 4.79 Å². The van der Waals surface area contributed by atoms with Gasteiger partial charge in [0.15, 0.2) is 5.58 Å². The van der Waals surface area contributed by atoms with Crippen LogP contribution in [0.3, 0.4) is 0 Å². The largest absolute Gasteiger partial charge is 0.419 e. The van der Waals surface area contributed by atoms with Crippen molar-refractivity contribution in [2.45, 2.75) is 32.4 Å². The number of aromatic nitrogens is 1. The molecule has 1 atom stereocenters. The highest BCUT2D eigenvalue weighted by molar-refractivity contribution is 5.97. The number of nitrogens with zero attached hydrogens (tertiary/aromatic N) is 1. The normalized spacial score (nSPS) is 18.2. The minimum absolute atomic E-state index is 0.112. The molecular formula is C15H18N2O4. The highest BCUT2D eigenvalue weighted by Gasteiger charge is 2.17. The smallest absolute Gasteiger partial charge is 0.408 e. The first kappa shape index (κ1) is 13.9. The van der Waals surface area contributed by atoms with E-state index in [1.807, 2.05) is 6.92 Å². The first-order chi connectivity index (χ1) is 10.2. The summed E-state index contributed by atoms with van der Waals surface area (Å²) in [6.07, 6.45) is 2.14. The quantitative estimate of drug-likeness (QED) is 0.926. The summed E-state index contributed by atoms with van der Waals surface area (Å²) in [5.41, 5.74) is 1.66. The summed E-state index contributed by atoms with van der Waals surface area (Å²) < 4.78 is 12.1. The van der Waals surface area contributed by atoms with Crippen molar-refractivity contribution < 1.29 is 13.9 Å². The molecule has 0 aliphatic carbocycles. The van der Waals surface area contributed by atoms with Crippen LogP contribution < -0.4 is 11.1 Å². The van der Waals surface area contributed by atoms with Gasteiger partial charge in [-0.3, -0.25) is 9.36 Å². The molecule has 0 saturated carbocycles. The maximum absolute atomic E-state index is 12.2. The third kappa shape index (κ3) is 2.71. The highest BCUT2D eigenvalue weighted by Crippen LogP contribution is 2.16. The second-order valence-corrected chi connectivity index (χ2v) is 5.14. The molecule has 1 aromatic carbocycles. The molecule has 112 valence electrons. The second kappa shape index (κ2) is 5.73. The van der Waals surface area contributed by atoms with Crippen molar-refractivity contribution in [1.29, 1.82) is 0 Å². The maximum Gasteiger partial charge on any atom is 0.419 e. The number of hydrogen-bond acceptors (Lipinski definition) is 4. The van der Waals surface area contributed by atoms with E-state index in [1.54, 1.807) is 18.2 Å². The van der Waals surface area contributed by atoms with Crippen LogP contribution in [0.2, 0.25) is 0 Å². The lowest BCUT2D eigenvalue weighted by Gasteiger charge is -2.10. The Labute approximate surface area is 121 Å². The van der Waals surface area contributed by atoms with E-state index in [1.165, 1.54) is 4.57 Å². The van der Waals surface area contributed by atoms with Crippen molar-refractivity contribution in [1.82, 2.24) is 9.88 Å². The monoisotopic (exact) mass is 290 g/mol. The van der Waals surface area contributed by atoms with Gasteiger partial charge in [-0.15, -0.1) is 0 Å². The van der Waals surface area contributed by atoms with Crippen LogP contribution in [0, 0.1) is 0 Å². The number of rotatable bonds is 4. The summed E-state index contributed by atoms with van der Waals surface area (Å²) in [5, 5.41) is 2.87. The Morgan fingerprint density at radius 1 is 1.48 bits per heavy atom. The zero-order chi connectivity index (χ0) is 14.8. The molecule has 1 N–H and O–H groups in total. The van der Waals surface area contributed by atoms with Crippen LogP contribution in [0.4, 0.5) is 0 Å². The van der Waals surface area contributed by atoms with Gasteiger partial charge in [0.1, 0.15) is 0 Å². The summed E-state index contributed by atoms with van der Waals surface area (Å²) in [6, 6.07) is 5.01. The number of nitrogens with one attached hydrogen (secondary N) is 1. The molecule has 1 fully saturated rings. The topological polar surface area (TPSA) is 73.5 Å². The molecular weight excluding hydrogens is 272 g/mol. The Morgan fingerprint density at radius 2 is 2.33 bits per heavy atom. The first-order valence-corrected chi connectivity index (χ1v) is 7.22. The van der Waals surface area contributed by atoms with E-state index in [4.69, 9.17) is 9.15 Å². The minimum Gasteiger partial charge on any atom is -0.408 e. The summed E-state index contributed by atoms with van der Waals surface area (Å²) >= 11 is 0. The van der Waals surface area contributed by atoms with Crippen molar-refractivity contribution >= 4 is 17.0 Å². The number of fused-ring (bicyclic) bond motifs is 1. The van der Waals surface area contributed by atoms with Gasteiger partial charge < -0.3 is 14.5 Å². The first-order valence-electron chi connectivity index (χ1n) is 7.22. The number of benzene rings is 1. The molecule has 1 aromatic heterocycles. The molecule has 2 heterocycles. The summed E-state index contributed by atoms with van der Waals surface area (Å²) in [5.74, 6) is -0.562. The fourth-order valence-corrected chi connectivity index (χ4v) is 2.62. The van der Waals surface area contributed by atoms with Gasteiger partial charge in [0, 0.05) is 25.3 Å². The second-order valence-electron chi connectivity index (χ2n) is 5.14. The lowest BCUT2D eigenvalue weighted by Crippen LogP contribution is -2.31. The molecule has 6 nitrogen and oxygen atoms in total. The van der Waals surface area contributed by atoms with Gasteiger partial charge in [0.25, 0.3) is 5.91 Å². The van der Waals surface area contributed by atoms with Crippen LogP contribution in [0.1, 0.15) is 30.1 Å². The molecule has 1 aliphatic rings. The molecule has 2 aromatic rings. The van der Waals surface area contributed by atoms with Gasteiger partial charge in [-0.2, -0.15) is 0 Å². The maximum atomic E-state index is 12.2. The van der Waals surface area contributed by atoms with Gasteiger partial charge >= 0.3 is 5.76 Å². The van der Waals surface area contributed by atoms with Crippen LogP contribution in [0.25, 0.3) is 11.1 Å². The molecule has 1 aliphatic heterocycles. The van der Waals surface area contributed by atoms with E-state index < -0.39 is 5.76 Å². The molecule has 0 unspecified atom stereocenters. The van der Waals surface area contributed by atoms with Crippen LogP contribution in [0.15, 0.2) is 27.4 Å². The van der Waals surface area contributed by atoms with Gasteiger partial charge in [0.2, 0.25) is 0 Å². The number of ether oxygens (including phenoxy) is 1. The van der Waals surface area contributed by atoms with Crippen LogP contribution in [-0.4, -0.2) is 29.7 Å². The molecule has 3 rings (SSSR count). The number of hydrogen-bond donors (Lipinski definition) is 1. The van der Waals surface area contributed by atoms with E-state index >= 15 is 0 Å². The van der Waals surface area contributed by atoms with Gasteiger partial charge in [-0.1, -0.05) is 0 Å². The summed E-state index contributed by atoms with van der Waals surface area (Å²) in [4.78, 5) is 23.8. The fraction of sp³-hybridized carbons (Fsp3) is 0.467. The number of aryl methyl sites for hydroxylation is 1. The summed E-state index contributed by atoms with van der Waals surface area (Å²) in [7, 11) is 0. The van der Waals surface area contributed by atoms with E-state index in [-0.39, 0.29) is 12.0 Å². The van der Waals surface area contributed by atoms with Gasteiger partial charge in [0.05, 0.1) is 11.6 Å². The molecule has 21 heavy (non-hydrogen) atoms. The zero-order valence-electron chi connectivity index (χ0n) is 11.9. The average molecular weight is 290 g/mol. The van der Waals surface area contributed by atoms with Crippen molar-refractivity contribution in [3.63, 3.8) is 0 Å². The standard InChI is InChI=1S/C15H18N2O4/c1-2-17-12-8-10(5-6-13(12)21-15(17)19)14(18)16-9-11-4-3-7-20-11/h5-6,8,11H,2-4,7,9H2,1H3,(H,16,18)/t11-/m1/s1. The highest BCUT2D eigenvalue weighted by atomic mass is 16.5. The lowest BCUT2D eigenvalue weighted by molar-refractivity contribution is 0.0858. The van der Waals surface area contributed by atoms with E-state index in [0.717, 1.165) is 19.4 Å². The molecule has 0 bridgehead atoms. The number of carbonyl (C=O) groups is 1. The summed E-state index contributed by atoms with van der Waals surface area (Å²) in [6.45, 7) is 3.65.